The van der Waals surface area contributed by atoms with Crippen LogP contribution in [0.3, 0.4) is 0 Å². The molecule has 3 rings (SSSR count). The van der Waals surface area contributed by atoms with E-state index in [0.29, 0.717) is 29.8 Å². The molecule has 2 N–H and O–H groups in total. The van der Waals surface area contributed by atoms with E-state index < -0.39 is 11.6 Å². The number of carbonyl (C=O) groups excluding carboxylic acids is 2. The molecule has 1 aliphatic heterocycles. The fourth-order valence-electron chi connectivity index (χ4n) is 2.49. The molecule has 108 valence electrons. The van der Waals surface area contributed by atoms with Crippen LogP contribution in [0.25, 0.3) is 0 Å². The van der Waals surface area contributed by atoms with E-state index in [1.807, 2.05) is 0 Å². The Morgan fingerprint density at radius 3 is 2.90 bits per heavy atom. The van der Waals surface area contributed by atoms with Gasteiger partial charge in [0.05, 0.1) is 17.3 Å². The van der Waals surface area contributed by atoms with Gasteiger partial charge in [0.15, 0.2) is 11.9 Å². The van der Waals surface area contributed by atoms with Gasteiger partial charge in [0.1, 0.15) is 5.54 Å². The Morgan fingerprint density at radius 2 is 2.29 bits per heavy atom. The summed E-state index contributed by atoms with van der Waals surface area (Å²) in [5.41, 5.74) is 0.0508. The predicted octanol–water partition coefficient (Wildman–Crippen LogP) is 1.58. The van der Waals surface area contributed by atoms with E-state index >= 15 is 0 Å². The van der Waals surface area contributed by atoms with Crippen LogP contribution in [-0.2, 0) is 4.79 Å². The number of nitriles is 1. The zero-order valence-corrected chi connectivity index (χ0v) is 11.6. The number of ether oxygens (including phenoxy) is 1. The molecule has 21 heavy (non-hydrogen) atoms. The maximum atomic E-state index is 12.4. The molecule has 6 nitrogen and oxygen atoms in total. The Balaban J connectivity index is 1.90. The molecular weight excluding hydrogens is 270 g/mol. The molecule has 2 aliphatic rings. The molecule has 0 radical (unpaired) electrons. The van der Waals surface area contributed by atoms with Gasteiger partial charge in [-0.2, -0.15) is 5.26 Å². The molecule has 1 aromatic rings. The van der Waals surface area contributed by atoms with Crippen molar-refractivity contribution in [3.05, 3.63) is 23.8 Å². The Morgan fingerprint density at radius 1 is 1.52 bits per heavy atom. The van der Waals surface area contributed by atoms with E-state index in [0.717, 1.165) is 6.42 Å². The quantitative estimate of drug-likeness (QED) is 0.863. The van der Waals surface area contributed by atoms with Crippen molar-refractivity contribution in [3.63, 3.8) is 0 Å². The first-order valence-corrected chi connectivity index (χ1v) is 6.89. The standard InChI is InChI=1S/C15H15N3O3/c1-9-13(19)17-11-5-2-4-10(12(11)21-9)14(20)18-15(8-16)6-3-7-15/h2,4-5,9H,3,6-7H2,1H3,(H,17,19)(H,18,20). The van der Waals surface area contributed by atoms with Gasteiger partial charge in [-0.05, 0) is 38.3 Å². The van der Waals surface area contributed by atoms with Gasteiger partial charge in [0.2, 0.25) is 0 Å². The Labute approximate surface area is 122 Å². The molecule has 0 spiro atoms. The molecule has 0 saturated heterocycles. The highest BCUT2D eigenvalue weighted by Crippen LogP contribution is 2.35. The molecule has 1 unspecified atom stereocenters. The van der Waals surface area contributed by atoms with Crippen LogP contribution in [0, 0.1) is 11.3 Å². The van der Waals surface area contributed by atoms with Crippen molar-refractivity contribution in [1.82, 2.24) is 5.32 Å². The molecule has 2 amide bonds. The van der Waals surface area contributed by atoms with Gasteiger partial charge >= 0.3 is 0 Å². The van der Waals surface area contributed by atoms with Crippen molar-refractivity contribution in [2.24, 2.45) is 0 Å². The number of nitrogens with one attached hydrogen (secondary N) is 2. The first kappa shape index (κ1) is 13.4. The van der Waals surface area contributed by atoms with Gasteiger partial charge in [0.25, 0.3) is 11.8 Å². The second-order valence-corrected chi connectivity index (χ2v) is 5.43. The first-order chi connectivity index (χ1) is 10.0. The summed E-state index contributed by atoms with van der Waals surface area (Å²) in [5, 5.41) is 14.7. The third-order valence-corrected chi connectivity index (χ3v) is 3.96. The minimum atomic E-state index is -0.761. The van der Waals surface area contributed by atoms with Crippen LogP contribution in [0.2, 0.25) is 0 Å². The van der Waals surface area contributed by atoms with E-state index in [1.54, 1.807) is 25.1 Å². The second kappa shape index (κ2) is 4.77. The Kier molecular flexibility index (Phi) is 3.05. The highest BCUT2D eigenvalue weighted by molar-refractivity contribution is 6.04. The highest BCUT2D eigenvalue weighted by atomic mass is 16.5. The molecule has 6 heteroatoms. The topological polar surface area (TPSA) is 91.2 Å². The van der Waals surface area contributed by atoms with Crippen LogP contribution in [-0.4, -0.2) is 23.5 Å². The third kappa shape index (κ3) is 2.21. The number of carbonyl (C=O) groups is 2. The molecule has 0 bridgehead atoms. The molecule has 1 atom stereocenters. The Hall–Kier alpha value is -2.55. The summed E-state index contributed by atoms with van der Waals surface area (Å²) in [5.74, 6) is -0.237. The number of hydrogen-bond donors (Lipinski definition) is 2. The SMILES string of the molecule is CC1Oc2c(cccc2C(=O)NC2(C#N)CCC2)NC1=O. The van der Waals surface area contributed by atoms with Gasteiger partial charge in [0, 0.05) is 0 Å². The van der Waals surface area contributed by atoms with Crippen molar-refractivity contribution < 1.29 is 14.3 Å². The van der Waals surface area contributed by atoms with Crippen LogP contribution in [0.5, 0.6) is 5.75 Å². The van der Waals surface area contributed by atoms with Crippen molar-refractivity contribution >= 4 is 17.5 Å². The molecule has 1 fully saturated rings. The van der Waals surface area contributed by atoms with Crippen molar-refractivity contribution in [2.45, 2.75) is 37.8 Å². The monoisotopic (exact) mass is 285 g/mol. The number of nitrogens with zero attached hydrogens (tertiary/aromatic N) is 1. The average molecular weight is 285 g/mol. The summed E-state index contributed by atoms with van der Waals surface area (Å²) < 4.78 is 5.54. The van der Waals surface area contributed by atoms with Crippen LogP contribution in [0.4, 0.5) is 5.69 Å². The smallest absolute Gasteiger partial charge is 0.265 e. The minimum Gasteiger partial charge on any atom is -0.478 e. The maximum Gasteiger partial charge on any atom is 0.265 e. The fourth-order valence-corrected chi connectivity index (χ4v) is 2.49. The summed E-state index contributed by atoms with van der Waals surface area (Å²) >= 11 is 0. The van der Waals surface area contributed by atoms with E-state index in [2.05, 4.69) is 16.7 Å². The second-order valence-electron chi connectivity index (χ2n) is 5.43. The molecule has 1 aliphatic carbocycles. The van der Waals surface area contributed by atoms with Crippen LogP contribution in [0.1, 0.15) is 36.5 Å². The van der Waals surface area contributed by atoms with Crippen LogP contribution < -0.4 is 15.4 Å². The lowest BCUT2D eigenvalue weighted by atomic mass is 9.78. The molecule has 0 aromatic heterocycles. The Bertz CT molecular complexity index is 659. The summed E-state index contributed by atoms with van der Waals surface area (Å²) in [6, 6.07) is 7.15. The van der Waals surface area contributed by atoms with E-state index in [1.165, 1.54) is 0 Å². The predicted molar refractivity (Wildman–Crippen MR) is 74.8 cm³/mol. The number of hydrogen-bond acceptors (Lipinski definition) is 4. The lowest BCUT2D eigenvalue weighted by Crippen LogP contribution is -2.52. The maximum absolute atomic E-state index is 12.4. The summed E-state index contributed by atoms with van der Waals surface area (Å²) in [4.78, 5) is 24.0. The number of rotatable bonds is 2. The fraction of sp³-hybridized carbons (Fsp3) is 0.400. The minimum absolute atomic E-state index is 0.243. The van der Waals surface area contributed by atoms with Gasteiger partial charge in [-0.15, -0.1) is 0 Å². The van der Waals surface area contributed by atoms with Gasteiger partial charge in [-0.3, -0.25) is 9.59 Å². The highest BCUT2D eigenvalue weighted by Gasteiger charge is 2.39. The zero-order valence-electron chi connectivity index (χ0n) is 11.6. The molecule has 1 aromatic carbocycles. The number of fused-ring (bicyclic) bond motifs is 1. The summed E-state index contributed by atoms with van der Waals surface area (Å²) in [7, 11) is 0. The average Bonchev–Trinajstić information content (AvgIpc) is 2.43. The summed E-state index contributed by atoms with van der Waals surface area (Å²) in [6.07, 6.45) is 1.61. The van der Waals surface area contributed by atoms with Gasteiger partial charge in [-0.25, -0.2) is 0 Å². The molecule has 1 heterocycles. The molecule has 1 saturated carbocycles. The van der Waals surface area contributed by atoms with Crippen molar-refractivity contribution in [2.75, 3.05) is 5.32 Å². The third-order valence-electron chi connectivity index (χ3n) is 3.96. The van der Waals surface area contributed by atoms with Crippen molar-refractivity contribution in [1.29, 1.82) is 5.26 Å². The number of para-hydroxylation sites is 1. The van der Waals surface area contributed by atoms with E-state index in [-0.39, 0.29) is 11.8 Å². The normalized spacial score (nSPS) is 21.9. The van der Waals surface area contributed by atoms with E-state index in [9.17, 15) is 14.9 Å². The van der Waals surface area contributed by atoms with Crippen LogP contribution >= 0.6 is 0 Å². The first-order valence-electron chi connectivity index (χ1n) is 6.89. The molecular formula is C15H15N3O3. The lowest BCUT2D eigenvalue weighted by molar-refractivity contribution is -0.122. The number of anilines is 1. The number of amides is 2. The van der Waals surface area contributed by atoms with Gasteiger partial charge < -0.3 is 15.4 Å². The lowest BCUT2D eigenvalue weighted by Gasteiger charge is -2.36. The van der Waals surface area contributed by atoms with Crippen molar-refractivity contribution in [3.8, 4) is 11.8 Å². The van der Waals surface area contributed by atoms with E-state index in [4.69, 9.17) is 4.74 Å². The van der Waals surface area contributed by atoms with Crippen LogP contribution in [0.15, 0.2) is 18.2 Å². The summed E-state index contributed by atoms with van der Waals surface area (Å²) in [6.45, 7) is 1.62. The zero-order chi connectivity index (χ0) is 15.0. The van der Waals surface area contributed by atoms with Gasteiger partial charge in [-0.1, -0.05) is 6.07 Å². The number of benzene rings is 1. The largest absolute Gasteiger partial charge is 0.478 e.